The molecule has 0 bridgehead atoms. The van der Waals surface area contributed by atoms with Gasteiger partial charge in [-0.2, -0.15) is 0 Å². The van der Waals surface area contributed by atoms with E-state index in [1.165, 1.54) is 24.3 Å². The predicted molar refractivity (Wildman–Crippen MR) is 116 cm³/mol. The van der Waals surface area contributed by atoms with Crippen molar-refractivity contribution in [2.24, 2.45) is 0 Å². The number of hydrogen-bond acceptors (Lipinski definition) is 6. The van der Waals surface area contributed by atoms with E-state index in [1.807, 2.05) is 24.3 Å². The third-order valence-corrected chi connectivity index (χ3v) is 4.45. The molecule has 8 nitrogen and oxygen atoms in total. The van der Waals surface area contributed by atoms with Crippen molar-refractivity contribution in [2.45, 2.75) is 0 Å². The normalized spacial score (nSPS) is 13.9. The highest BCUT2D eigenvalue weighted by atomic mass is 32.1. The summed E-state index contributed by atoms with van der Waals surface area (Å²) in [5.41, 5.74) is 2.38. The number of nitrogens with zero attached hydrogens (tertiary/aromatic N) is 2. The number of morpholine rings is 1. The van der Waals surface area contributed by atoms with Crippen molar-refractivity contribution >= 4 is 46.4 Å². The fourth-order valence-electron chi connectivity index (χ4n) is 2.81. The van der Waals surface area contributed by atoms with E-state index >= 15 is 0 Å². The lowest BCUT2D eigenvalue weighted by Crippen LogP contribution is -2.36. The summed E-state index contributed by atoms with van der Waals surface area (Å²) in [4.78, 5) is 24.6. The Bertz CT molecular complexity index is 924. The highest BCUT2D eigenvalue weighted by Crippen LogP contribution is 2.19. The smallest absolute Gasteiger partial charge is 0.270 e. The first-order chi connectivity index (χ1) is 14.0. The number of nitro benzene ring substituents is 1. The average molecular weight is 412 g/mol. The number of carbonyl (C=O) groups excluding carboxylic acids is 1. The molecule has 0 atom stereocenters. The molecule has 0 radical (unpaired) electrons. The summed E-state index contributed by atoms with van der Waals surface area (Å²) in [6.45, 7) is 3.16. The van der Waals surface area contributed by atoms with E-state index in [1.54, 1.807) is 12.1 Å². The Morgan fingerprint density at radius 3 is 2.59 bits per heavy atom. The second-order valence-electron chi connectivity index (χ2n) is 6.28. The first-order valence-corrected chi connectivity index (χ1v) is 9.39. The molecule has 1 heterocycles. The molecule has 1 aliphatic rings. The summed E-state index contributed by atoms with van der Waals surface area (Å²) in [5.74, 6) is -0.432. The van der Waals surface area contributed by atoms with Crippen molar-refractivity contribution in [1.29, 1.82) is 0 Å². The zero-order chi connectivity index (χ0) is 20.6. The van der Waals surface area contributed by atoms with E-state index in [-0.39, 0.29) is 10.8 Å². The average Bonchev–Trinajstić information content (AvgIpc) is 2.73. The van der Waals surface area contributed by atoms with Gasteiger partial charge in [-0.05, 0) is 48.1 Å². The second kappa shape index (κ2) is 9.76. The number of non-ortho nitro benzene ring substituents is 1. The molecular formula is C20H20N4O4S. The van der Waals surface area contributed by atoms with Gasteiger partial charge in [-0.3, -0.25) is 20.2 Å². The van der Waals surface area contributed by atoms with Crippen LogP contribution in [0.4, 0.5) is 17.1 Å². The van der Waals surface area contributed by atoms with Crippen LogP contribution in [0.2, 0.25) is 0 Å². The van der Waals surface area contributed by atoms with Crippen molar-refractivity contribution in [3.63, 3.8) is 0 Å². The van der Waals surface area contributed by atoms with Gasteiger partial charge in [-0.15, -0.1) is 0 Å². The molecule has 0 aromatic heterocycles. The lowest BCUT2D eigenvalue weighted by atomic mass is 10.2. The number of anilines is 2. The fraction of sp³-hybridized carbons (Fsp3) is 0.200. The third-order valence-electron chi connectivity index (χ3n) is 4.25. The van der Waals surface area contributed by atoms with Gasteiger partial charge in [0, 0.05) is 42.7 Å². The number of amides is 1. The molecule has 2 aromatic carbocycles. The number of carbonyl (C=O) groups is 1. The molecule has 0 unspecified atom stereocenters. The Balaban J connectivity index is 1.51. The van der Waals surface area contributed by atoms with E-state index < -0.39 is 10.8 Å². The largest absolute Gasteiger partial charge is 0.378 e. The van der Waals surface area contributed by atoms with Gasteiger partial charge in [0.25, 0.3) is 5.69 Å². The molecular weight excluding hydrogens is 392 g/mol. The quantitative estimate of drug-likeness (QED) is 0.337. The van der Waals surface area contributed by atoms with Crippen molar-refractivity contribution in [1.82, 2.24) is 5.32 Å². The van der Waals surface area contributed by atoms with Crippen LogP contribution in [-0.4, -0.2) is 42.2 Å². The number of nitro groups is 1. The minimum Gasteiger partial charge on any atom is -0.378 e. The Hall–Kier alpha value is -3.30. The van der Waals surface area contributed by atoms with E-state index in [0.717, 1.165) is 37.7 Å². The Morgan fingerprint density at radius 1 is 1.17 bits per heavy atom. The van der Waals surface area contributed by atoms with Gasteiger partial charge < -0.3 is 15.0 Å². The maximum atomic E-state index is 12.0. The molecule has 2 N–H and O–H groups in total. The fourth-order valence-corrected chi connectivity index (χ4v) is 3.03. The summed E-state index contributed by atoms with van der Waals surface area (Å²) >= 11 is 5.16. The Morgan fingerprint density at radius 2 is 1.90 bits per heavy atom. The lowest BCUT2D eigenvalue weighted by Gasteiger charge is -2.28. The van der Waals surface area contributed by atoms with Gasteiger partial charge in [0.15, 0.2) is 5.11 Å². The topological polar surface area (TPSA) is 96.7 Å². The minimum atomic E-state index is -0.485. The summed E-state index contributed by atoms with van der Waals surface area (Å²) in [6, 6.07) is 13.8. The van der Waals surface area contributed by atoms with Crippen molar-refractivity contribution in [3.8, 4) is 0 Å². The first kappa shape index (κ1) is 20.4. The van der Waals surface area contributed by atoms with Crippen LogP contribution in [0.5, 0.6) is 0 Å². The van der Waals surface area contributed by atoms with Gasteiger partial charge in [0.1, 0.15) is 0 Å². The molecule has 2 aromatic rings. The molecule has 1 fully saturated rings. The minimum absolute atomic E-state index is 0.0368. The van der Waals surface area contributed by atoms with Crippen LogP contribution in [0, 0.1) is 10.1 Å². The zero-order valence-electron chi connectivity index (χ0n) is 15.5. The zero-order valence-corrected chi connectivity index (χ0v) is 16.4. The summed E-state index contributed by atoms with van der Waals surface area (Å²) in [7, 11) is 0. The number of nitrogens with one attached hydrogen (secondary N) is 2. The summed E-state index contributed by atoms with van der Waals surface area (Å²) < 4.78 is 5.35. The molecule has 9 heteroatoms. The van der Waals surface area contributed by atoms with Crippen molar-refractivity contribution < 1.29 is 14.5 Å². The standard InChI is InChI=1S/C20H20N4O4S/c25-19(9-4-15-2-1-3-18(14-15)24(26)27)22-20(29)21-16-5-7-17(8-6-16)23-10-12-28-13-11-23/h1-9,14H,10-13H2,(H2,21,22,25,29)/b9-4+. The van der Waals surface area contributed by atoms with Crippen LogP contribution in [0.25, 0.3) is 6.08 Å². The van der Waals surface area contributed by atoms with Crippen LogP contribution in [0.15, 0.2) is 54.6 Å². The molecule has 0 aliphatic carbocycles. The monoisotopic (exact) mass is 412 g/mol. The number of ether oxygens (including phenoxy) is 1. The van der Waals surface area contributed by atoms with Crippen LogP contribution in [-0.2, 0) is 9.53 Å². The van der Waals surface area contributed by atoms with E-state index in [0.29, 0.717) is 5.56 Å². The third kappa shape index (κ3) is 6.09. The maximum Gasteiger partial charge on any atom is 0.270 e. The number of benzene rings is 2. The van der Waals surface area contributed by atoms with E-state index in [9.17, 15) is 14.9 Å². The molecule has 3 rings (SSSR count). The molecule has 29 heavy (non-hydrogen) atoms. The van der Waals surface area contributed by atoms with Crippen molar-refractivity contribution in [2.75, 3.05) is 36.5 Å². The molecule has 0 saturated carbocycles. The molecule has 0 spiro atoms. The molecule has 1 amide bonds. The Labute approximate surface area is 173 Å². The highest BCUT2D eigenvalue weighted by molar-refractivity contribution is 7.80. The molecule has 1 aliphatic heterocycles. The van der Waals surface area contributed by atoms with Gasteiger partial charge in [-0.25, -0.2) is 0 Å². The SMILES string of the molecule is O=C(/C=C/c1cccc([N+](=O)[O-])c1)NC(=S)Nc1ccc(N2CCOCC2)cc1. The van der Waals surface area contributed by atoms with Crippen LogP contribution in [0.1, 0.15) is 5.56 Å². The first-order valence-electron chi connectivity index (χ1n) is 8.98. The highest BCUT2D eigenvalue weighted by Gasteiger charge is 2.11. The predicted octanol–water partition coefficient (Wildman–Crippen LogP) is 2.96. The van der Waals surface area contributed by atoms with Gasteiger partial charge in [0.05, 0.1) is 18.1 Å². The number of hydrogen-bond donors (Lipinski definition) is 2. The lowest BCUT2D eigenvalue weighted by molar-refractivity contribution is -0.384. The van der Waals surface area contributed by atoms with Crippen molar-refractivity contribution in [3.05, 3.63) is 70.3 Å². The Kier molecular flexibility index (Phi) is 6.88. The maximum absolute atomic E-state index is 12.0. The van der Waals surface area contributed by atoms with Crippen LogP contribution in [0.3, 0.4) is 0 Å². The number of thiocarbonyl (C=S) groups is 1. The summed E-state index contributed by atoms with van der Waals surface area (Å²) in [6.07, 6.45) is 2.76. The van der Waals surface area contributed by atoms with Gasteiger partial charge in [0.2, 0.25) is 5.91 Å². The van der Waals surface area contributed by atoms with Crippen LogP contribution < -0.4 is 15.5 Å². The van der Waals surface area contributed by atoms with E-state index in [2.05, 4.69) is 15.5 Å². The molecule has 1 saturated heterocycles. The van der Waals surface area contributed by atoms with Crippen LogP contribution >= 0.6 is 12.2 Å². The second-order valence-corrected chi connectivity index (χ2v) is 6.68. The van der Waals surface area contributed by atoms with Gasteiger partial charge in [-0.1, -0.05) is 12.1 Å². The summed E-state index contributed by atoms with van der Waals surface area (Å²) in [5, 5.41) is 16.5. The number of rotatable bonds is 5. The van der Waals surface area contributed by atoms with Gasteiger partial charge >= 0.3 is 0 Å². The van der Waals surface area contributed by atoms with E-state index in [4.69, 9.17) is 17.0 Å². The molecule has 150 valence electrons.